The van der Waals surface area contributed by atoms with Gasteiger partial charge in [0.15, 0.2) is 0 Å². The molecule has 1 heteroatoms. The molecule has 0 saturated heterocycles. The summed E-state index contributed by atoms with van der Waals surface area (Å²) in [5, 5.41) is 0.421. The van der Waals surface area contributed by atoms with E-state index in [1.54, 1.807) is 0 Å². The number of hydrogen-bond acceptors (Lipinski definition) is 0. The van der Waals surface area contributed by atoms with E-state index in [1.807, 2.05) is 0 Å². The Morgan fingerprint density at radius 3 is 2.50 bits per heavy atom. The molecule has 0 N–H and O–H groups in total. The van der Waals surface area contributed by atoms with Crippen LogP contribution in [0.2, 0.25) is 0 Å². The molecule has 4 unspecified atom stereocenters. The topological polar surface area (TPSA) is 0 Å². The summed E-state index contributed by atoms with van der Waals surface area (Å²) in [7, 11) is 0. The average molecular weight is 217 g/mol. The molecule has 1 fully saturated rings. The van der Waals surface area contributed by atoms with Gasteiger partial charge in [-0.25, -0.2) is 0 Å². The van der Waals surface area contributed by atoms with Crippen LogP contribution in [-0.4, -0.2) is 5.38 Å². The third-order valence-corrected chi connectivity index (χ3v) is 4.56. The van der Waals surface area contributed by atoms with E-state index in [2.05, 4.69) is 20.8 Å². The molecule has 0 aromatic rings. The molecule has 0 aromatic carbocycles. The molecule has 0 bridgehead atoms. The van der Waals surface area contributed by atoms with Crippen LogP contribution in [0, 0.1) is 17.8 Å². The Kier molecular flexibility index (Phi) is 5.30. The minimum absolute atomic E-state index is 0.421. The van der Waals surface area contributed by atoms with Crippen molar-refractivity contribution in [1.29, 1.82) is 0 Å². The quantitative estimate of drug-likeness (QED) is 0.589. The molecule has 1 saturated carbocycles. The first-order chi connectivity index (χ1) is 6.63. The highest BCUT2D eigenvalue weighted by Gasteiger charge is 2.24. The molecule has 1 aliphatic rings. The fourth-order valence-electron chi connectivity index (χ4n) is 2.54. The molecular weight excluding hydrogens is 192 g/mol. The van der Waals surface area contributed by atoms with E-state index in [4.69, 9.17) is 11.6 Å². The summed E-state index contributed by atoms with van der Waals surface area (Å²) in [4.78, 5) is 0. The van der Waals surface area contributed by atoms with Gasteiger partial charge in [-0.05, 0) is 43.4 Å². The van der Waals surface area contributed by atoms with E-state index in [1.165, 1.54) is 32.1 Å². The molecule has 84 valence electrons. The Morgan fingerprint density at radius 1 is 1.21 bits per heavy atom. The molecule has 0 nitrogen and oxygen atoms in total. The Bertz CT molecular complexity index is 155. The molecule has 0 heterocycles. The predicted octanol–water partition coefficient (Wildman–Crippen LogP) is 4.86. The Labute approximate surface area is 94.4 Å². The second-order valence-electron chi connectivity index (χ2n) is 5.22. The Morgan fingerprint density at radius 2 is 1.93 bits per heavy atom. The van der Waals surface area contributed by atoms with Gasteiger partial charge in [-0.2, -0.15) is 0 Å². The van der Waals surface area contributed by atoms with Crippen molar-refractivity contribution < 1.29 is 0 Å². The highest BCUT2D eigenvalue weighted by molar-refractivity contribution is 6.20. The first-order valence-corrected chi connectivity index (χ1v) is 6.71. The number of alkyl halides is 1. The molecule has 0 spiro atoms. The first kappa shape index (κ1) is 12.4. The van der Waals surface area contributed by atoms with Crippen LogP contribution in [-0.2, 0) is 0 Å². The van der Waals surface area contributed by atoms with Gasteiger partial charge in [0.25, 0.3) is 0 Å². The van der Waals surface area contributed by atoms with E-state index < -0.39 is 0 Å². The van der Waals surface area contributed by atoms with Gasteiger partial charge in [-0.3, -0.25) is 0 Å². The van der Waals surface area contributed by atoms with E-state index in [-0.39, 0.29) is 0 Å². The highest BCUT2D eigenvalue weighted by atomic mass is 35.5. The number of hydrogen-bond donors (Lipinski definition) is 0. The van der Waals surface area contributed by atoms with E-state index in [9.17, 15) is 0 Å². The standard InChI is InChI=1S/C13H25Cl/c1-4-13(14)8-7-12-6-5-10(2)11(3)9-12/h10-13H,4-9H2,1-3H3. The molecule has 0 aromatic heterocycles. The normalized spacial score (nSPS) is 35.6. The summed E-state index contributed by atoms with van der Waals surface area (Å²) in [6.45, 7) is 7.00. The Hall–Kier alpha value is 0.290. The van der Waals surface area contributed by atoms with Gasteiger partial charge in [0.1, 0.15) is 0 Å². The Balaban J connectivity index is 2.20. The van der Waals surface area contributed by atoms with Crippen LogP contribution in [0.3, 0.4) is 0 Å². The lowest BCUT2D eigenvalue weighted by molar-refractivity contribution is 0.198. The third-order valence-electron chi connectivity index (χ3n) is 4.04. The predicted molar refractivity (Wildman–Crippen MR) is 64.8 cm³/mol. The van der Waals surface area contributed by atoms with Crippen LogP contribution in [0.4, 0.5) is 0 Å². The largest absolute Gasteiger partial charge is 0.123 e. The summed E-state index contributed by atoms with van der Waals surface area (Å²) in [6.07, 6.45) is 8.03. The molecule has 1 rings (SSSR count). The summed E-state index contributed by atoms with van der Waals surface area (Å²) >= 11 is 6.15. The second kappa shape index (κ2) is 6.00. The summed E-state index contributed by atoms with van der Waals surface area (Å²) < 4.78 is 0. The minimum atomic E-state index is 0.421. The lowest BCUT2D eigenvalue weighted by Gasteiger charge is -2.32. The van der Waals surface area contributed by atoms with Crippen molar-refractivity contribution in [1.82, 2.24) is 0 Å². The van der Waals surface area contributed by atoms with Gasteiger partial charge in [0, 0.05) is 5.38 Å². The minimum Gasteiger partial charge on any atom is -0.123 e. The summed E-state index contributed by atoms with van der Waals surface area (Å²) in [5.74, 6) is 2.85. The van der Waals surface area contributed by atoms with Crippen molar-refractivity contribution in [2.45, 2.75) is 64.7 Å². The zero-order chi connectivity index (χ0) is 10.6. The zero-order valence-corrected chi connectivity index (χ0v) is 10.7. The summed E-state index contributed by atoms with van der Waals surface area (Å²) in [5.41, 5.74) is 0. The number of rotatable bonds is 4. The first-order valence-electron chi connectivity index (χ1n) is 6.27. The van der Waals surface area contributed by atoms with Gasteiger partial charge < -0.3 is 0 Å². The maximum atomic E-state index is 6.15. The van der Waals surface area contributed by atoms with Crippen LogP contribution in [0.25, 0.3) is 0 Å². The molecular formula is C13H25Cl. The van der Waals surface area contributed by atoms with Gasteiger partial charge in [-0.1, -0.05) is 33.6 Å². The molecule has 0 aliphatic heterocycles. The van der Waals surface area contributed by atoms with Crippen molar-refractivity contribution in [3.05, 3.63) is 0 Å². The van der Waals surface area contributed by atoms with Crippen molar-refractivity contribution in [3.63, 3.8) is 0 Å². The maximum absolute atomic E-state index is 6.15. The zero-order valence-electron chi connectivity index (χ0n) is 9.93. The van der Waals surface area contributed by atoms with Crippen LogP contribution in [0.15, 0.2) is 0 Å². The molecule has 0 radical (unpaired) electrons. The van der Waals surface area contributed by atoms with Gasteiger partial charge in [0.05, 0.1) is 0 Å². The fourth-order valence-corrected chi connectivity index (χ4v) is 2.67. The SMILES string of the molecule is CCC(Cl)CCC1CCC(C)C(C)C1. The van der Waals surface area contributed by atoms with Crippen molar-refractivity contribution in [2.24, 2.45) is 17.8 Å². The number of halogens is 1. The smallest absolute Gasteiger partial charge is 0.0333 e. The van der Waals surface area contributed by atoms with Crippen LogP contribution in [0.1, 0.15) is 59.3 Å². The average Bonchev–Trinajstić information content (AvgIpc) is 2.19. The third kappa shape index (κ3) is 3.81. The molecule has 4 atom stereocenters. The summed E-state index contributed by atoms with van der Waals surface area (Å²) in [6, 6.07) is 0. The molecule has 1 aliphatic carbocycles. The van der Waals surface area contributed by atoms with Gasteiger partial charge in [-0.15, -0.1) is 11.6 Å². The molecule has 14 heavy (non-hydrogen) atoms. The van der Waals surface area contributed by atoms with Crippen LogP contribution in [0.5, 0.6) is 0 Å². The van der Waals surface area contributed by atoms with Crippen molar-refractivity contribution in [3.8, 4) is 0 Å². The van der Waals surface area contributed by atoms with Crippen molar-refractivity contribution in [2.75, 3.05) is 0 Å². The molecule has 0 amide bonds. The van der Waals surface area contributed by atoms with Gasteiger partial charge in [0.2, 0.25) is 0 Å². The van der Waals surface area contributed by atoms with E-state index in [0.29, 0.717) is 5.38 Å². The van der Waals surface area contributed by atoms with Crippen LogP contribution < -0.4 is 0 Å². The lowest BCUT2D eigenvalue weighted by atomic mass is 9.74. The van der Waals surface area contributed by atoms with Gasteiger partial charge >= 0.3 is 0 Å². The van der Waals surface area contributed by atoms with E-state index >= 15 is 0 Å². The second-order valence-corrected chi connectivity index (χ2v) is 5.83. The lowest BCUT2D eigenvalue weighted by Crippen LogP contribution is -2.21. The maximum Gasteiger partial charge on any atom is 0.0333 e. The van der Waals surface area contributed by atoms with Crippen molar-refractivity contribution >= 4 is 11.6 Å². The fraction of sp³-hybridized carbons (Fsp3) is 1.00. The van der Waals surface area contributed by atoms with Crippen LogP contribution >= 0.6 is 11.6 Å². The van der Waals surface area contributed by atoms with E-state index in [0.717, 1.165) is 24.2 Å². The highest BCUT2D eigenvalue weighted by Crippen LogP contribution is 2.36. The monoisotopic (exact) mass is 216 g/mol.